The lowest BCUT2D eigenvalue weighted by atomic mass is 10.0. The molecule has 126 valence electrons. The Morgan fingerprint density at radius 1 is 1.00 bits per heavy atom. The Balaban J connectivity index is 1.78. The molecule has 0 atom stereocenters. The molecule has 0 unspecified atom stereocenters. The van der Waals surface area contributed by atoms with Gasteiger partial charge in [0.2, 0.25) is 0 Å². The van der Waals surface area contributed by atoms with Crippen LogP contribution in [-0.2, 0) is 0 Å². The summed E-state index contributed by atoms with van der Waals surface area (Å²) in [4.78, 5) is 12.0. The van der Waals surface area contributed by atoms with Crippen LogP contribution in [0.15, 0.2) is 48.5 Å². The first-order valence-electron chi connectivity index (χ1n) is 7.74. The van der Waals surface area contributed by atoms with Gasteiger partial charge in [0.05, 0.1) is 11.4 Å². The molecule has 1 heterocycles. The first-order valence-corrected chi connectivity index (χ1v) is 7.74. The van der Waals surface area contributed by atoms with Crippen LogP contribution in [0, 0.1) is 25.5 Å². The van der Waals surface area contributed by atoms with Gasteiger partial charge in [0.25, 0.3) is 0 Å². The van der Waals surface area contributed by atoms with E-state index in [1.165, 1.54) is 23.3 Å². The third-order valence-corrected chi connectivity index (χ3v) is 4.02. The predicted molar refractivity (Wildman–Crippen MR) is 93.2 cm³/mol. The van der Waals surface area contributed by atoms with E-state index in [0.29, 0.717) is 5.69 Å². The standard InChI is InChI=1S/C20H16F2N2O/c1-12-3-4-14(9-13(12)2)19-11-16(23-24-19)6-8-20(25)15-5-7-17(21)18(22)10-15/h3-11H,1-2H3,(H,23,24). The largest absolute Gasteiger partial charge is 0.289 e. The van der Waals surface area contributed by atoms with E-state index in [1.54, 1.807) is 6.08 Å². The Morgan fingerprint density at radius 3 is 2.52 bits per heavy atom. The number of benzene rings is 2. The zero-order valence-electron chi connectivity index (χ0n) is 13.8. The van der Waals surface area contributed by atoms with E-state index in [-0.39, 0.29) is 5.56 Å². The highest BCUT2D eigenvalue weighted by Crippen LogP contribution is 2.21. The van der Waals surface area contributed by atoms with Crippen LogP contribution in [0.4, 0.5) is 8.78 Å². The van der Waals surface area contributed by atoms with Gasteiger partial charge in [0.1, 0.15) is 0 Å². The second kappa shape index (κ2) is 6.81. The number of aromatic amines is 1. The summed E-state index contributed by atoms with van der Waals surface area (Å²) < 4.78 is 26.1. The summed E-state index contributed by atoms with van der Waals surface area (Å²) in [5, 5.41) is 7.08. The quantitative estimate of drug-likeness (QED) is 0.545. The van der Waals surface area contributed by atoms with Crippen molar-refractivity contribution in [3.63, 3.8) is 0 Å². The van der Waals surface area contributed by atoms with Crippen molar-refractivity contribution in [2.75, 3.05) is 0 Å². The van der Waals surface area contributed by atoms with Crippen molar-refractivity contribution < 1.29 is 13.6 Å². The zero-order chi connectivity index (χ0) is 18.0. The summed E-state index contributed by atoms with van der Waals surface area (Å²) in [7, 11) is 0. The highest BCUT2D eigenvalue weighted by molar-refractivity contribution is 6.06. The number of rotatable bonds is 4. The van der Waals surface area contributed by atoms with E-state index in [1.807, 2.05) is 38.1 Å². The van der Waals surface area contributed by atoms with Crippen LogP contribution < -0.4 is 0 Å². The first-order chi connectivity index (χ1) is 11.9. The summed E-state index contributed by atoms with van der Waals surface area (Å²) >= 11 is 0. The monoisotopic (exact) mass is 338 g/mol. The van der Waals surface area contributed by atoms with Crippen molar-refractivity contribution in [3.8, 4) is 11.3 Å². The molecule has 0 aliphatic rings. The number of hydrogen-bond acceptors (Lipinski definition) is 2. The molecular formula is C20H16F2N2O. The van der Waals surface area contributed by atoms with Crippen LogP contribution in [0.2, 0.25) is 0 Å². The van der Waals surface area contributed by atoms with E-state index >= 15 is 0 Å². The highest BCUT2D eigenvalue weighted by atomic mass is 19.2. The molecule has 0 bridgehead atoms. The van der Waals surface area contributed by atoms with Crippen molar-refractivity contribution in [2.45, 2.75) is 13.8 Å². The van der Waals surface area contributed by atoms with Crippen LogP contribution >= 0.6 is 0 Å². The molecule has 0 fully saturated rings. The fraction of sp³-hybridized carbons (Fsp3) is 0.100. The van der Waals surface area contributed by atoms with Crippen molar-refractivity contribution in [1.82, 2.24) is 10.2 Å². The Morgan fingerprint density at radius 2 is 1.80 bits per heavy atom. The van der Waals surface area contributed by atoms with Gasteiger partial charge < -0.3 is 0 Å². The SMILES string of the molecule is Cc1ccc(-c2cc(C=CC(=O)c3ccc(F)c(F)c3)[nH]n2)cc1C. The van der Waals surface area contributed by atoms with Gasteiger partial charge in [-0.3, -0.25) is 9.89 Å². The number of carbonyl (C=O) groups is 1. The van der Waals surface area contributed by atoms with Crippen LogP contribution in [0.3, 0.4) is 0 Å². The van der Waals surface area contributed by atoms with E-state index in [0.717, 1.165) is 23.4 Å². The minimum atomic E-state index is -1.04. The molecule has 0 spiro atoms. The second-order valence-electron chi connectivity index (χ2n) is 5.83. The maximum Gasteiger partial charge on any atom is 0.186 e. The van der Waals surface area contributed by atoms with Gasteiger partial charge in [0, 0.05) is 11.1 Å². The van der Waals surface area contributed by atoms with Crippen molar-refractivity contribution >= 4 is 11.9 Å². The number of hydrogen-bond donors (Lipinski definition) is 1. The van der Waals surface area contributed by atoms with Crippen molar-refractivity contribution in [3.05, 3.63) is 82.6 Å². The van der Waals surface area contributed by atoms with Crippen LogP contribution in [0.1, 0.15) is 27.2 Å². The van der Waals surface area contributed by atoms with Gasteiger partial charge in [-0.25, -0.2) is 8.78 Å². The smallest absolute Gasteiger partial charge is 0.186 e. The fourth-order valence-corrected chi connectivity index (χ4v) is 2.38. The number of nitrogens with zero attached hydrogens (tertiary/aromatic N) is 1. The number of allylic oxidation sites excluding steroid dienone is 1. The minimum Gasteiger partial charge on any atom is -0.289 e. The fourth-order valence-electron chi connectivity index (χ4n) is 2.38. The van der Waals surface area contributed by atoms with E-state index < -0.39 is 17.4 Å². The van der Waals surface area contributed by atoms with Crippen molar-refractivity contribution in [2.24, 2.45) is 0 Å². The normalized spacial score (nSPS) is 11.2. The molecule has 5 heteroatoms. The summed E-state index contributed by atoms with van der Waals surface area (Å²) in [5.74, 6) is -2.44. The first kappa shape index (κ1) is 16.8. The summed E-state index contributed by atoms with van der Waals surface area (Å²) in [6, 6.07) is 10.9. The maximum atomic E-state index is 13.2. The molecule has 0 saturated heterocycles. The summed E-state index contributed by atoms with van der Waals surface area (Å²) in [5.41, 5.74) is 4.85. The third kappa shape index (κ3) is 3.71. The van der Waals surface area contributed by atoms with Gasteiger partial charge in [-0.2, -0.15) is 5.10 Å². The molecular weight excluding hydrogens is 322 g/mol. The number of ketones is 1. The van der Waals surface area contributed by atoms with Crippen molar-refractivity contribution in [1.29, 1.82) is 0 Å². The third-order valence-electron chi connectivity index (χ3n) is 4.02. The van der Waals surface area contributed by atoms with Gasteiger partial charge in [-0.15, -0.1) is 0 Å². The molecule has 1 aromatic heterocycles. The Kier molecular flexibility index (Phi) is 4.57. The van der Waals surface area contributed by atoms with E-state index in [9.17, 15) is 13.6 Å². The number of H-pyrrole nitrogens is 1. The maximum absolute atomic E-state index is 13.2. The van der Waals surface area contributed by atoms with Gasteiger partial charge in [0.15, 0.2) is 17.4 Å². The number of nitrogens with one attached hydrogen (secondary N) is 1. The van der Waals surface area contributed by atoms with Crippen LogP contribution in [0.25, 0.3) is 17.3 Å². The molecule has 3 nitrogen and oxygen atoms in total. The number of aryl methyl sites for hydroxylation is 2. The van der Waals surface area contributed by atoms with Crippen LogP contribution in [-0.4, -0.2) is 16.0 Å². The number of aromatic nitrogens is 2. The molecule has 2 aromatic carbocycles. The zero-order valence-corrected chi connectivity index (χ0v) is 13.8. The second-order valence-corrected chi connectivity index (χ2v) is 5.83. The lowest BCUT2D eigenvalue weighted by molar-refractivity contribution is 0.104. The molecule has 0 aliphatic heterocycles. The van der Waals surface area contributed by atoms with E-state index in [4.69, 9.17) is 0 Å². The molecule has 0 amide bonds. The molecule has 0 saturated carbocycles. The lowest BCUT2D eigenvalue weighted by Crippen LogP contribution is -1.96. The van der Waals surface area contributed by atoms with E-state index in [2.05, 4.69) is 10.2 Å². The molecule has 0 aliphatic carbocycles. The topological polar surface area (TPSA) is 45.8 Å². The molecule has 3 rings (SSSR count). The minimum absolute atomic E-state index is 0.0871. The van der Waals surface area contributed by atoms with Gasteiger partial charge in [-0.05, 0) is 67.5 Å². The average molecular weight is 338 g/mol. The highest BCUT2D eigenvalue weighted by Gasteiger charge is 2.08. The summed E-state index contributed by atoms with van der Waals surface area (Å²) in [6.45, 7) is 4.08. The van der Waals surface area contributed by atoms with Crippen LogP contribution in [0.5, 0.6) is 0 Å². The predicted octanol–water partition coefficient (Wildman–Crippen LogP) is 4.87. The number of halogens is 2. The molecule has 0 radical (unpaired) electrons. The number of carbonyl (C=O) groups excluding carboxylic acids is 1. The molecule has 3 aromatic rings. The Bertz CT molecular complexity index is 974. The van der Waals surface area contributed by atoms with Gasteiger partial charge >= 0.3 is 0 Å². The average Bonchev–Trinajstić information content (AvgIpc) is 3.06. The Labute approximate surface area is 144 Å². The Hall–Kier alpha value is -3.08. The van der Waals surface area contributed by atoms with Gasteiger partial charge in [-0.1, -0.05) is 12.1 Å². The lowest BCUT2D eigenvalue weighted by Gasteiger charge is -2.01. The molecule has 1 N–H and O–H groups in total. The summed E-state index contributed by atoms with van der Waals surface area (Å²) in [6.07, 6.45) is 2.85. The molecule has 25 heavy (non-hydrogen) atoms.